The number of rotatable bonds is 6. The van der Waals surface area contributed by atoms with Crippen molar-refractivity contribution in [2.24, 2.45) is 0 Å². The van der Waals surface area contributed by atoms with E-state index < -0.39 is 0 Å². The second-order valence-corrected chi connectivity index (χ2v) is 5.32. The summed E-state index contributed by atoms with van der Waals surface area (Å²) >= 11 is 0. The maximum Gasteiger partial charge on any atom is 0.122 e. The standard InChI is InChI=1S/C16H23N3O/c1-5-8-20-16-7-6-15(12(3)13(16)4)11(2)9-14-10-17-19-18-14/h6-7,10-11H,5,8-9H2,1-4H3,(H,17,18,19). The molecule has 1 aromatic carbocycles. The molecule has 1 atom stereocenters. The molecule has 0 fully saturated rings. The Morgan fingerprint density at radius 1 is 1.25 bits per heavy atom. The minimum Gasteiger partial charge on any atom is -0.493 e. The predicted molar refractivity (Wildman–Crippen MR) is 80.2 cm³/mol. The number of hydrogen-bond acceptors (Lipinski definition) is 3. The Balaban J connectivity index is 2.17. The van der Waals surface area contributed by atoms with E-state index in [1.165, 1.54) is 16.7 Å². The summed E-state index contributed by atoms with van der Waals surface area (Å²) < 4.78 is 5.78. The van der Waals surface area contributed by atoms with E-state index in [-0.39, 0.29) is 0 Å². The van der Waals surface area contributed by atoms with Gasteiger partial charge in [-0.1, -0.05) is 19.9 Å². The van der Waals surface area contributed by atoms with Crippen LogP contribution >= 0.6 is 0 Å². The third-order valence-electron chi connectivity index (χ3n) is 3.75. The van der Waals surface area contributed by atoms with Crippen LogP contribution in [0.1, 0.15) is 48.6 Å². The van der Waals surface area contributed by atoms with E-state index >= 15 is 0 Å². The van der Waals surface area contributed by atoms with E-state index in [4.69, 9.17) is 4.74 Å². The van der Waals surface area contributed by atoms with Crippen molar-refractivity contribution in [3.63, 3.8) is 0 Å². The molecule has 0 saturated carbocycles. The maximum absolute atomic E-state index is 5.78. The molecule has 20 heavy (non-hydrogen) atoms. The summed E-state index contributed by atoms with van der Waals surface area (Å²) in [6.45, 7) is 9.42. The summed E-state index contributed by atoms with van der Waals surface area (Å²) in [6, 6.07) is 4.27. The van der Waals surface area contributed by atoms with E-state index in [1.54, 1.807) is 6.20 Å². The Hall–Kier alpha value is -1.84. The molecule has 2 rings (SSSR count). The number of hydrogen-bond donors (Lipinski definition) is 1. The van der Waals surface area contributed by atoms with Crippen molar-refractivity contribution in [1.29, 1.82) is 0 Å². The molecule has 0 bridgehead atoms. The van der Waals surface area contributed by atoms with Crippen LogP contribution in [0.2, 0.25) is 0 Å². The smallest absolute Gasteiger partial charge is 0.122 e. The average Bonchev–Trinajstić information content (AvgIpc) is 2.93. The summed E-state index contributed by atoms with van der Waals surface area (Å²) in [5.74, 6) is 1.42. The molecule has 1 unspecified atom stereocenters. The number of benzene rings is 1. The number of aromatic amines is 1. The lowest BCUT2D eigenvalue weighted by atomic mass is 9.90. The van der Waals surface area contributed by atoms with Crippen molar-refractivity contribution in [1.82, 2.24) is 15.4 Å². The Labute approximate surface area is 120 Å². The maximum atomic E-state index is 5.78. The third kappa shape index (κ3) is 3.18. The van der Waals surface area contributed by atoms with Crippen molar-refractivity contribution in [2.75, 3.05) is 6.61 Å². The highest BCUT2D eigenvalue weighted by Gasteiger charge is 2.14. The molecular weight excluding hydrogens is 250 g/mol. The predicted octanol–water partition coefficient (Wildman–Crippen LogP) is 3.56. The van der Waals surface area contributed by atoms with Gasteiger partial charge in [0.25, 0.3) is 0 Å². The Morgan fingerprint density at radius 3 is 2.70 bits per heavy atom. The highest BCUT2D eigenvalue weighted by Crippen LogP contribution is 2.30. The minimum absolute atomic E-state index is 0.416. The lowest BCUT2D eigenvalue weighted by Crippen LogP contribution is -2.05. The highest BCUT2D eigenvalue weighted by atomic mass is 16.5. The van der Waals surface area contributed by atoms with E-state index in [1.807, 2.05) is 0 Å². The molecule has 0 aliphatic rings. The van der Waals surface area contributed by atoms with E-state index in [0.717, 1.165) is 30.9 Å². The van der Waals surface area contributed by atoms with Crippen molar-refractivity contribution in [3.05, 3.63) is 40.7 Å². The van der Waals surface area contributed by atoms with Gasteiger partial charge in [-0.25, -0.2) is 0 Å². The zero-order valence-corrected chi connectivity index (χ0v) is 12.7. The molecule has 1 heterocycles. The molecule has 2 aromatic rings. The van der Waals surface area contributed by atoms with Gasteiger partial charge in [-0.15, -0.1) is 0 Å². The number of nitrogens with one attached hydrogen (secondary N) is 1. The number of H-pyrrole nitrogens is 1. The zero-order chi connectivity index (χ0) is 14.5. The number of nitrogens with zero attached hydrogens (tertiary/aromatic N) is 2. The molecule has 0 spiro atoms. The normalized spacial score (nSPS) is 12.4. The van der Waals surface area contributed by atoms with Gasteiger partial charge in [-0.2, -0.15) is 15.4 Å². The van der Waals surface area contributed by atoms with Gasteiger partial charge in [0.05, 0.1) is 18.5 Å². The van der Waals surface area contributed by atoms with Crippen LogP contribution < -0.4 is 4.74 Å². The summed E-state index contributed by atoms with van der Waals surface area (Å²) in [6.07, 6.45) is 3.71. The van der Waals surface area contributed by atoms with Gasteiger partial charge >= 0.3 is 0 Å². The SMILES string of the molecule is CCCOc1ccc(C(C)Cc2cn[nH]n2)c(C)c1C. The van der Waals surface area contributed by atoms with E-state index in [0.29, 0.717) is 5.92 Å². The molecule has 0 radical (unpaired) electrons. The van der Waals surface area contributed by atoms with E-state index in [9.17, 15) is 0 Å². The fourth-order valence-corrected chi connectivity index (χ4v) is 2.47. The largest absolute Gasteiger partial charge is 0.493 e. The van der Waals surface area contributed by atoms with Gasteiger partial charge in [0, 0.05) is 0 Å². The molecule has 4 nitrogen and oxygen atoms in total. The van der Waals surface area contributed by atoms with Crippen LogP contribution in [-0.4, -0.2) is 22.0 Å². The van der Waals surface area contributed by atoms with Crippen LogP contribution in [0, 0.1) is 13.8 Å². The van der Waals surface area contributed by atoms with Crippen LogP contribution in [0.15, 0.2) is 18.3 Å². The summed E-state index contributed by atoms with van der Waals surface area (Å²) in [5.41, 5.74) is 4.91. The fraction of sp³-hybridized carbons (Fsp3) is 0.500. The molecule has 0 aliphatic carbocycles. The molecule has 0 aliphatic heterocycles. The minimum atomic E-state index is 0.416. The van der Waals surface area contributed by atoms with Crippen molar-refractivity contribution in [2.45, 2.75) is 46.5 Å². The monoisotopic (exact) mass is 273 g/mol. The second-order valence-electron chi connectivity index (χ2n) is 5.32. The fourth-order valence-electron chi connectivity index (χ4n) is 2.47. The van der Waals surface area contributed by atoms with Gasteiger partial charge in [0.2, 0.25) is 0 Å². The molecule has 1 N–H and O–H groups in total. The first-order valence-electron chi connectivity index (χ1n) is 7.21. The van der Waals surface area contributed by atoms with Crippen molar-refractivity contribution >= 4 is 0 Å². The van der Waals surface area contributed by atoms with Crippen molar-refractivity contribution < 1.29 is 4.74 Å². The van der Waals surface area contributed by atoms with Crippen LogP contribution in [0.3, 0.4) is 0 Å². The first-order chi connectivity index (χ1) is 9.63. The zero-order valence-electron chi connectivity index (χ0n) is 12.7. The van der Waals surface area contributed by atoms with E-state index in [2.05, 4.69) is 55.2 Å². The number of aromatic nitrogens is 3. The molecular formula is C16H23N3O. The Kier molecular flexibility index (Phi) is 4.77. The van der Waals surface area contributed by atoms with Gasteiger partial charge in [-0.3, -0.25) is 0 Å². The third-order valence-corrected chi connectivity index (χ3v) is 3.75. The Bertz CT molecular complexity index is 549. The Morgan fingerprint density at radius 2 is 2.05 bits per heavy atom. The molecule has 108 valence electrons. The van der Waals surface area contributed by atoms with Gasteiger partial charge in [0.15, 0.2) is 0 Å². The molecule has 0 amide bonds. The first-order valence-corrected chi connectivity index (χ1v) is 7.21. The molecule has 4 heteroatoms. The molecule has 0 saturated heterocycles. The first kappa shape index (κ1) is 14.6. The average molecular weight is 273 g/mol. The van der Waals surface area contributed by atoms with Crippen LogP contribution in [0.25, 0.3) is 0 Å². The molecule has 1 aromatic heterocycles. The van der Waals surface area contributed by atoms with Gasteiger partial charge in [-0.05, 0) is 55.4 Å². The topological polar surface area (TPSA) is 50.8 Å². The van der Waals surface area contributed by atoms with Gasteiger partial charge in [0.1, 0.15) is 5.75 Å². The summed E-state index contributed by atoms with van der Waals surface area (Å²) in [7, 11) is 0. The van der Waals surface area contributed by atoms with Gasteiger partial charge < -0.3 is 4.74 Å². The second kappa shape index (κ2) is 6.55. The van der Waals surface area contributed by atoms with Crippen LogP contribution in [0.4, 0.5) is 0 Å². The summed E-state index contributed by atoms with van der Waals surface area (Å²) in [4.78, 5) is 0. The van der Waals surface area contributed by atoms with Crippen LogP contribution in [-0.2, 0) is 6.42 Å². The number of ether oxygens (including phenoxy) is 1. The highest BCUT2D eigenvalue weighted by molar-refractivity contribution is 5.45. The summed E-state index contributed by atoms with van der Waals surface area (Å²) in [5, 5.41) is 10.7. The lowest BCUT2D eigenvalue weighted by Gasteiger charge is -2.18. The van der Waals surface area contributed by atoms with Crippen LogP contribution in [0.5, 0.6) is 5.75 Å². The van der Waals surface area contributed by atoms with Crippen molar-refractivity contribution in [3.8, 4) is 5.75 Å². The lowest BCUT2D eigenvalue weighted by molar-refractivity contribution is 0.315. The quantitative estimate of drug-likeness (QED) is 0.875.